The van der Waals surface area contributed by atoms with Crippen molar-refractivity contribution in [2.45, 2.75) is 110 Å². The van der Waals surface area contributed by atoms with Crippen LogP contribution in [0.1, 0.15) is 132 Å². The third-order valence-corrected chi connectivity index (χ3v) is 14.0. The number of aryl methyl sites for hydroxylation is 3. The van der Waals surface area contributed by atoms with E-state index >= 15 is 0 Å². The van der Waals surface area contributed by atoms with Gasteiger partial charge in [-0.1, -0.05) is 109 Å². The van der Waals surface area contributed by atoms with Crippen molar-refractivity contribution in [3.05, 3.63) is 145 Å². The first kappa shape index (κ1) is 48.8. The first-order chi connectivity index (χ1) is 34.8. The van der Waals surface area contributed by atoms with Gasteiger partial charge in [0.15, 0.2) is 37.2 Å². The summed E-state index contributed by atoms with van der Waals surface area (Å²) in [6.45, 7) is 2.28. The summed E-state index contributed by atoms with van der Waals surface area (Å²) in [5.74, 6) is 0.0654. The number of nitrogens with zero attached hydrogens (tertiary/aromatic N) is 5. The second-order valence-electron chi connectivity index (χ2n) is 19.6. The molecule has 0 radical (unpaired) electrons. The Bertz CT molecular complexity index is 3110. The van der Waals surface area contributed by atoms with Gasteiger partial charge >= 0.3 is 0 Å². The number of aromatic nitrogens is 7. The highest BCUT2D eigenvalue weighted by molar-refractivity contribution is 6.00. The quantitative estimate of drug-likeness (QED) is 0.0494. The fourth-order valence-corrected chi connectivity index (χ4v) is 10.0. The van der Waals surface area contributed by atoms with Crippen LogP contribution in [0.15, 0.2) is 122 Å². The van der Waals surface area contributed by atoms with Crippen LogP contribution in [0, 0.1) is 0 Å². The number of unbranched alkanes of at least 4 members (excludes halogenated alkanes) is 14. The zero-order valence-electron chi connectivity index (χ0n) is 42.3. The Hall–Kier alpha value is -7.26. The van der Waals surface area contributed by atoms with Crippen LogP contribution in [-0.2, 0) is 25.9 Å². The van der Waals surface area contributed by atoms with Crippen LogP contribution < -0.4 is 19.0 Å². The van der Waals surface area contributed by atoms with Crippen molar-refractivity contribution in [3.8, 4) is 44.5 Å². The van der Waals surface area contributed by atoms with E-state index < -0.39 is 0 Å². The summed E-state index contributed by atoms with van der Waals surface area (Å²) < 4.78 is 6.14. The summed E-state index contributed by atoms with van der Waals surface area (Å²) in [6.07, 6.45) is 41.1. The number of amides is 1. The van der Waals surface area contributed by atoms with E-state index in [-0.39, 0.29) is 5.91 Å². The van der Waals surface area contributed by atoms with Crippen LogP contribution in [0.2, 0.25) is 0 Å². The van der Waals surface area contributed by atoms with E-state index in [1.807, 2.05) is 47.0 Å². The number of carbonyl (C=O) groups is 1. The molecule has 0 aliphatic carbocycles. The lowest BCUT2D eigenvalue weighted by atomic mass is 10.0. The van der Waals surface area contributed by atoms with E-state index in [0.717, 1.165) is 108 Å². The lowest BCUT2D eigenvalue weighted by Crippen LogP contribution is -2.25. The van der Waals surface area contributed by atoms with Crippen molar-refractivity contribution in [2.24, 2.45) is 21.1 Å². The molecule has 9 heteroatoms. The molecule has 6 aromatic heterocycles. The molecule has 0 unspecified atom stereocenters. The Kier molecular flexibility index (Phi) is 16.2. The number of benzene rings is 1. The fraction of sp³-hybridized carbons (Fsp3) is 0.323. The highest BCUT2D eigenvalue weighted by atomic mass is 16.1. The van der Waals surface area contributed by atoms with Gasteiger partial charge in [-0.2, -0.15) is 0 Å². The topological polar surface area (TPSA) is 98.1 Å². The lowest BCUT2D eigenvalue weighted by molar-refractivity contribution is -0.671. The van der Waals surface area contributed by atoms with E-state index in [4.69, 9.17) is 9.97 Å². The summed E-state index contributed by atoms with van der Waals surface area (Å²) in [7, 11) is 6.10. The largest absolute Gasteiger partial charge is 0.354 e. The standard InChI is InChI=1S/C62H69N8O/c1-5-6-7-8-9-10-11-12-13-14-15-16-17-18-19-20-58(71)63-49-23-21-45(22-24-49)59-50-25-27-52(64-50)60(46-33-39-68(2)40-34-46)54-29-31-56(66-54)62(48-37-43-70(4)44-38-48)57-32-30-55(67-57)61(53-28-26-51(59)65-53)47-35-41-69(3)42-36-47/h21-44H,5-20H2,1-4H3,(H-,63,64,65,66,67,71)/q+1/p+2. The first-order valence-electron chi connectivity index (χ1n) is 26.2. The van der Waals surface area contributed by atoms with Crippen LogP contribution in [0.4, 0.5) is 5.69 Å². The van der Waals surface area contributed by atoms with Crippen molar-refractivity contribution in [2.75, 3.05) is 5.32 Å². The molecular weight excluding hydrogens is 873 g/mol. The van der Waals surface area contributed by atoms with Crippen molar-refractivity contribution in [1.29, 1.82) is 0 Å². The van der Waals surface area contributed by atoms with Gasteiger partial charge in [-0.15, -0.1) is 0 Å². The molecule has 9 rings (SSSR count). The number of nitrogens with one attached hydrogen (secondary N) is 3. The second kappa shape index (κ2) is 23.6. The van der Waals surface area contributed by atoms with Crippen molar-refractivity contribution < 1.29 is 18.5 Å². The maximum absolute atomic E-state index is 13.2. The minimum absolute atomic E-state index is 0.0654. The second-order valence-corrected chi connectivity index (χ2v) is 19.6. The van der Waals surface area contributed by atoms with E-state index in [2.05, 4.69) is 156 Å². The smallest absolute Gasteiger partial charge is 0.224 e. The number of aromatic amines is 2. The van der Waals surface area contributed by atoms with Crippen molar-refractivity contribution >= 4 is 58.0 Å². The van der Waals surface area contributed by atoms with E-state index in [0.29, 0.717) is 6.42 Å². The summed E-state index contributed by atoms with van der Waals surface area (Å²) >= 11 is 0. The highest BCUT2D eigenvalue weighted by Gasteiger charge is 2.20. The third kappa shape index (κ3) is 12.2. The predicted octanol–water partition coefficient (Wildman–Crippen LogP) is 14.0. The molecule has 8 heterocycles. The Morgan fingerprint density at radius 1 is 0.408 bits per heavy atom. The SMILES string of the molecule is CCCCCCCCCCCCCCCCCC(=O)Nc1ccc(-c2c3nc(c(-c4cc[n+](C)cc4)c4ccc([nH]4)c(-c4cc[n+](C)cc4)c4nc(c(-c5cc[n+](C)cc5)c5ccc2[nH]5)C=C4)C=C3)cc1. The van der Waals surface area contributed by atoms with Crippen LogP contribution in [-0.4, -0.2) is 25.8 Å². The van der Waals surface area contributed by atoms with E-state index in [1.54, 1.807) is 0 Å². The molecule has 3 N–H and O–H groups in total. The molecule has 0 spiro atoms. The maximum atomic E-state index is 13.2. The van der Waals surface area contributed by atoms with Gasteiger partial charge in [0.25, 0.3) is 0 Å². The first-order valence-corrected chi connectivity index (χ1v) is 26.2. The average Bonchev–Trinajstić information content (AvgIpc) is 4.24. The molecule has 2 aliphatic rings. The molecule has 0 fully saturated rings. The number of pyridine rings is 3. The molecule has 8 bridgehead atoms. The van der Waals surface area contributed by atoms with Gasteiger partial charge in [0.1, 0.15) is 21.1 Å². The Labute approximate surface area is 420 Å². The number of anilines is 1. The Morgan fingerprint density at radius 2 is 0.704 bits per heavy atom. The van der Waals surface area contributed by atoms with Crippen molar-refractivity contribution in [1.82, 2.24) is 19.9 Å². The number of fused-ring (bicyclic) bond motifs is 8. The number of hydrogen-bond acceptors (Lipinski definition) is 3. The van der Waals surface area contributed by atoms with Gasteiger partial charge in [0, 0.05) is 92.8 Å². The Balaban J connectivity index is 1.03. The fourth-order valence-electron chi connectivity index (χ4n) is 10.0. The molecule has 362 valence electrons. The molecule has 0 saturated carbocycles. The zero-order chi connectivity index (χ0) is 48.9. The van der Waals surface area contributed by atoms with Gasteiger partial charge in [-0.25, -0.2) is 23.7 Å². The number of carbonyl (C=O) groups excluding carboxylic acids is 1. The molecule has 1 amide bonds. The molecule has 0 atom stereocenters. The molecule has 7 aromatic rings. The summed E-state index contributed by atoms with van der Waals surface area (Å²) in [5.41, 5.74) is 16.1. The van der Waals surface area contributed by atoms with E-state index in [9.17, 15) is 4.79 Å². The number of rotatable bonds is 21. The molecule has 71 heavy (non-hydrogen) atoms. The monoisotopic (exact) mass is 944 g/mol. The molecule has 1 aromatic carbocycles. The van der Waals surface area contributed by atoms with E-state index in [1.165, 1.54) is 83.5 Å². The zero-order valence-corrected chi connectivity index (χ0v) is 42.3. The molecule has 9 nitrogen and oxygen atoms in total. The molecule has 2 aliphatic heterocycles. The molecular formula is C62H71N8O+3. The van der Waals surface area contributed by atoms with Crippen LogP contribution in [0.5, 0.6) is 0 Å². The predicted molar refractivity (Wildman–Crippen MR) is 292 cm³/mol. The van der Waals surface area contributed by atoms with Gasteiger partial charge in [-0.3, -0.25) is 4.79 Å². The van der Waals surface area contributed by atoms with Crippen LogP contribution in [0.3, 0.4) is 0 Å². The Morgan fingerprint density at radius 3 is 1.03 bits per heavy atom. The minimum atomic E-state index is 0.0654. The van der Waals surface area contributed by atoms with Crippen LogP contribution >= 0.6 is 0 Å². The lowest BCUT2D eigenvalue weighted by Gasteiger charge is -2.09. The van der Waals surface area contributed by atoms with Gasteiger partial charge < -0.3 is 15.3 Å². The molecule has 0 saturated heterocycles. The highest BCUT2D eigenvalue weighted by Crippen LogP contribution is 2.38. The third-order valence-electron chi connectivity index (χ3n) is 14.0. The van der Waals surface area contributed by atoms with Gasteiger partial charge in [0.2, 0.25) is 5.91 Å². The van der Waals surface area contributed by atoms with Crippen LogP contribution in [0.25, 0.3) is 90.9 Å². The summed E-state index contributed by atoms with van der Waals surface area (Å²) in [6, 6.07) is 29.7. The van der Waals surface area contributed by atoms with Gasteiger partial charge in [-0.05, 0) is 89.4 Å². The maximum Gasteiger partial charge on any atom is 0.224 e. The summed E-state index contributed by atoms with van der Waals surface area (Å²) in [4.78, 5) is 31.8. The summed E-state index contributed by atoms with van der Waals surface area (Å²) in [5, 5.41) is 3.18. The minimum Gasteiger partial charge on any atom is -0.354 e. The van der Waals surface area contributed by atoms with Gasteiger partial charge in [0.05, 0.1) is 22.8 Å². The average molecular weight is 944 g/mol. The number of hydrogen-bond donors (Lipinski definition) is 3. The number of H-pyrrole nitrogens is 2. The normalized spacial score (nSPS) is 11.9. The van der Waals surface area contributed by atoms with Crippen molar-refractivity contribution in [3.63, 3.8) is 0 Å².